The van der Waals surface area contributed by atoms with E-state index in [9.17, 15) is 9.59 Å². The van der Waals surface area contributed by atoms with Crippen LogP contribution in [0, 0.1) is 0 Å². The summed E-state index contributed by atoms with van der Waals surface area (Å²) < 4.78 is 0. The van der Waals surface area contributed by atoms with E-state index in [1.807, 2.05) is 31.2 Å². The zero-order valence-electron chi connectivity index (χ0n) is 11.8. The number of benzene rings is 1. The fourth-order valence-corrected chi connectivity index (χ4v) is 2.71. The Morgan fingerprint density at radius 2 is 1.55 bits per heavy atom. The molecular formula is C17H15NO2. The van der Waals surface area contributed by atoms with Crippen molar-refractivity contribution in [3.63, 3.8) is 0 Å². The predicted molar refractivity (Wildman–Crippen MR) is 78.2 cm³/mol. The quantitative estimate of drug-likeness (QED) is 0.792. The summed E-state index contributed by atoms with van der Waals surface area (Å²) >= 11 is 0. The molecule has 1 heterocycles. The van der Waals surface area contributed by atoms with Crippen molar-refractivity contribution in [1.29, 1.82) is 0 Å². The predicted octanol–water partition coefficient (Wildman–Crippen LogP) is 3.51. The Hall–Kier alpha value is -2.29. The first kappa shape index (κ1) is 12.7. The molecule has 0 atom stereocenters. The first-order valence-corrected chi connectivity index (χ1v) is 6.74. The second kappa shape index (κ2) is 4.37. The van der Waals surface area contributed by atoms with Crippen LogP contribution in [-0.2, 0) is 6.42 Å². The number of aromatic nitrogens is 1. The van der Waals surface area contributed by atoms with Crippen LogP contribution in [0.5, 0.6) is 0 Å². The van der Waals surface area contributed by atoms with Gasteiger partial charge in [-0.1, -0.05) is 25.1 Å². The number of fused-ring (bicyclic) bond motifs is 3. The van der Waals surface area contributed by atoms with E-state index >= 15 is 0 Å². The van der Waals surface area contributed by atoms with Gasteiger partial charge in [-0.25, -0.2) is 0 Å². The van der Waals surface area contributed by atoms with Gasteiger partial charge in [0.05, 0.1) is 16.8 Å². The fraction of sp³-hybridized carbons (Fsp3) is 0.235. The third-order valence-corrected chi connectivity index (χ3v) is 4.00. The van der Waals surface area contributed by atoms with Crippen LogP contribution in [0.1, 0.15) is 47.2 Å². The van der Waals surface area contributed by atoms with E-state index in [0.717, 1.165) is 10.9 Å². The second-order valence-electron chi connectivity index (χ2n) is 5.09. The summed E-state index contributed by atoms with van der Waals surface area (Å²) in [6.45, 7) is 5.39. The Kier molecular flexibility index (Phi) is 2.78. The lowest BCUT2D eigenvalue weighted by molar-refractivity contribution is 0.0975. The van der Waals surface area contributed by atoms with Gasteiger partial charge in [-0.15, -0.1) is 0 Å². The van der Waals surface area contributed by atoms with E-state index in [1.54, 1.807) is 13.8 Å². The number of Topliss-reactive ketones (excluding diaryl/α,β-unsaturated/α-hetero) is 2. The monoisotopic (exact) mass is 265 g/mol. The first-order chi connectivity index (χ1) is 9.56. The highest BCUT2D eigenvalue weighted by Crippen LogP contribution is 2.32. The molecule has 3 heteroatoms. The molecule has 0 radical (unpaired) electrons. The molecule has 3 nitrogen and oxygen atoms in total. The number of hydrogen-bond donors (Lipinski definition) is 0. The highest BCUT2D eigenvalue weighted by molar-refractivity contribution is 6.30. The Bertz CT molecular complexity index is 800. The number of hydrogen-bond acceptors (Lipinski definition) is 3. The van der Waals surface area contributed by atoms with Crippen LogP contribution in [0.3, 0.4) is 0 Å². The molecule has 0 saturated heterocycles. The minimum atomic E-state index is -0.0628. The van der Waals surface area contributed by atoms with Gasteiger partial charge in [0.2, 0.25) is 0 Å². The van der Waals surface area contributed by atoms with Gasteiger partial charge in [-0.3, -0.25) is 14.6 Å². The number of allylic oxidation sites excluding steroid dienone is 2. The Morgan fingerprint density at radius 1 is 0.950 bits per heavy atom. The summed E-state index contributed by atoms with van der Waals surface area (Å²) in [7, 11) is 0. The van der Waals surface area contributed by atoms with Gasteiger partial charge in [0.15, 0.2) is 11.6 Å². The average Bonchev–Trinajstić information content (AvgIpc) is 2.48. The minimum absolute atomic E-state index is 0.0506. The summed E-state index contributed by atoms with van der Waals surface area (Å²) in [5.41, 5.74) is 3.59. The highest BCUT2D eigenvalue weighted by Gasteiger charge is 2.31. The molecular weight excluding hydrogens is 250 g/mol. The van der Waals surface area contributed by atoms with Crippen molar-refractivity contribution < 1.29 is 9.59 Å². The lowest BCUT2D eigenvalue weighted by atomic mass is 9.82. The molecule has 0 N–H and O–H groups in total. The van der Waals surface area contributed by atoms with Gasteiger partial charge in [0.25, 0.3) is 0 Å². The topological polar surface area (TPSA) is 47.0 Å². The van der Waals surface area contributed by atoms with Crippen molar-refractivity contribution in [2.75, 3.05) is 0 Å². The third kappa shape index (κ3) is 1.56. The molecule has 0 fully saturated rings. The lowest BCUT2D eigenvalue weighted by Crippen LogP contribution is -2.22. The number of ketones is 2. The fourth-order valence-electron chi connectivity index (χ4n) is 2.71. The maximum atomic E-state index is 12.6. The molecule has 0 aliphatic heterocycles. The lowest BCUT2D eigenvalue weighted by Gasteiger charge is -2.20. The summed E-state index contributed by atoms with van der Waals surface area (Å²) in [5.74, 6) is -0.113. The Morgan fingerprint density at radius 3 is 2.20 bits per heavy atom. The smallest absolute Gasteiger partial charge is 0.191 e. The van der Waals surface area contributed by atoms with Crippen LogP contribution >= 0.6 is 0 Å². The molecule has 20 heavy (non-hydrogen) atoms. The molecule has 1 aromatic heterocycles. The molecule has 0 saturated carbocycles. The van der Waals surface area contributed by atoms with Gasteiger partial charge in [-0.05, 0) is 26.3 Å². The summed E-state index contributed by atoms with van der Waals surface area (Å²) in [6.07, 6.45) is 0.637. The van der Waals surface area contributed by atoms with Gasteiger partial charge in [0.1, 0.15) is 0 Å². The molecule has 0 bridgehead atoms. The minimum Gasteiger partial charge on any atom is -0.289 e. The zero-order valence-corrected chi connectivity index (χ0v) is 11.8. The Labute approximate surface area is 117 Å². The van der Waals surface area contributed by atoms with Crippen LogP contribution in [-0.4, -0.2) is 16.6 Å². The number of pyridine rings is 1. The highest BCUT2D eigenvalue weighted by atomic mass is 16.1. The molecule has 1 aliphatic rings. The summed E-state index contributed by atoms with van der Waals surface area (Å²) in [4.78, 5) is 29.7. The van der Waals surface area contributed by atoms with Crippen LogP contribution < -0.4 is 0 Å². The van der Waals surface area contributed by atoms with Gasteiger partial charge < -0.3 is 0 Å². The number of nitrogens with zero attached hydrogens (tertiary/aromatic N) is 1. The molecule has 1 aliphatic carbocycles. The Balaban J connectivity index is 2.51. The van der Waals surface area contributed by atoms with Crippen LogP contribution in [0.15, 0.2) is 35.4 Å². The zero-order chi connectivity index (χ0) is 14.4. The number of carbonyl (C=O) groups excluding carboxylic acids is 2. The SMILES string of the molecule is CCc1nc2ccccc2c2c1C(=O)C(C)=C(C)C2=O. The number of carbonyl (C=O) groups is 2. The molecule has 3 rings (SSSR count). The number of para-hydroxylation sites is 1. The molecule has 1 aromatic carbocycles. The molecule has 2 aromatic rings. The van der Waals surface area contributed by atoms with Crippen LogP contribution in [0.25, 0.3) is 10.9 Å². The molecule has 0 amide bonds. The normalized spacial score (nSPS) is 14.9. The largest absolute Gasteiger partial charge is 0.289 e. The second-order valence-corrected chi connectivity index (χ2v) is 5.09. The summed E-state index contributed by atoms with van der Waals surface area (Å²) in [5, 5.41) is 0.768. The first-order valence-electron chi connectivity index (χ1n) is 6.74. The van der Waals surface area contributed by atoms with Gasteiger partial charge >= 0.3 is 0 Å². The van der Waals surface area contributed by atoms with Crippen molar-refractivity contribution in [3.8, 4) is 0 Å². The molecule has 100 valence electrons. The van der Waals surface area contributed by atoms with Crippen molar-refractivity contribution >= 4 is 22.5 Å². The van der Waals surface area contributed by atoms with Crippen molar-refractivity contribution in [1.82, 2.24) is 4.98 Å². The summed E-state index contributed by atoms with van der Waals surface area (Å²) in [6, 6.07) is 7.51. The van der Waals surface area contributed by atoms with Gasteiger partial charge in [-0.2, -0.15) is 0 Å². The average molecular weight is 265 g/mol. The maximum Gasteiger partial charge on any atom is 0.191 e. The number of rotatable bonds is 1. The van der Waals surface area contributed by atoms with Gasteiger partial charge in [0, 0.05) is 22.1 Å². The van der Waals surface area contributed by atoms with E-state index in [4.69, 9.17) is 0 Å². The van der Waals surface area contributed by atoms with E-state index in [-0.39, 0.29) is 11.6 Å². The molecule has 0 unspecified atom stereocenters. The van der Waals surface area contributed by atoms with Crippen molar-refractivity contribution in [2.24, 2.45) is 0 Å². The van der Waals surface area contributed by atoms with Crippen LogP contribution in [0.2, 0.25) is 0 Å². The van der Waals surface area contributed by atoms with E-state index in [2.05, 4.69) is 4.98 Å². The van der Waals surface area contributed by atoms with Crippen molar-refractivity contribution in [2.45, 2.75) is 27.2 Å². The van der Waals surface area contributed by atoms with E-state index < -0.39 is 0 Å². The molecule has 0 spiro atoms. The van der Waals surface area contributed by atoms with E-state index in [0.29, 0.717) is 34.4 Å². The maximum absolute atomic E-state index is 12.6. The van der Waals surface area contributed by atoms with E-state index in [1.165, 1.54) is 0 Å². The standard InChI is InChI=1S/C17H15NO2/c1-4-12-15-14(11-7-5-6-8-13(11)18-12)16(19)9(2)10(3)17(15)20/h5-8H,4H2,1-3H3. The number of aryl methyl sites for hydroxylation is 1. The third-order valence-electron chi connectivity index (χ3n) is 4.00. The van der Waals surface area contributed by atoms with Crippen molar-refractivity contribution in [3.05, 3.63) is 52.2 Å². The van der Waals surface area contributed by atoms with Crippen LogP contribution in [0.4, 0.5) is 0 Å².